The van der Waals surface area contributed by atoms with Crippen molar-refractivity contribution in [1.29, 1.82) is 0 Å². The minimum Gasteiger partial charge on any atom is -0.338 e. The Kier molecular flexibility index (Phi) is 5.83. The zero-order valence-electron chi connectivity index (χ0n) is 16.0. The molecule has 0 spiro atoms. The van der Waals surface area contributed by atoms with Gasteiger partial charge in [0, 0.05) is 42.8 Å². The zero-order chi connectivity index (χ0) is 19.2. The lowest BCUT2D eigenvalue weighted by atomic mass is 10.1. The number of amides is 2. The van der Waals surface area contributed by atoms with Crippen molar-refractivity contribution in [3.8, 4) is 0 Å². The van der Waals surface area contributed by atoms with Crippen LogP contribution < -0.4 is 10.6 Å². The highest BCUT2D eigenvalue weighted by atomic mass is 16.2. The van der Waals surface area contributed by atoms with Crippen molar-refractivity contribution in [2.45, 2.75) is 19.4 Å². The average Bonchev–Trinajstić information content (AvgIpc) is 3.16. The molecule has 4 rings (SSSR count). The first-order valence-electron chi connectivity index (χ1n) is 9.92. The molecule has 2 heterocycles. The highest BCUT2D eigenvalue weighted by Gasteiger charge is 2.22. The number of likely N-dealkylation sites (tertiary alicyclic amines) is 1. The number of anilines is 1. The number of hydrogen-bond donors (Lipinski definition) is 2. The second-order valence-corrected chi connectivity index (χ2v) is 7.45. The maximum atomic E-state index is 12.3. The highest BCUT2D eigenvalue weighted by Crippen LogP contribution is 2.23. The van der Waals surface area contributed by atoms with Crippen molar-refractivity contribution >= 4 is 22.5 Å². The van der Waals surface area contributed by atoms with Crippen LogP contribution >= 0.6 is 0 Å². The lowest BCUT2D eigenvalue weighted by molar-refractivity contribution is 0.251. The fourth-order valence-corrected chi connectivity index (χ4v) is 3.92. The first-order valence-corrected chi connectivity index (χ1v) is 9.92. The molecule has 0 aliphatic carbocycles. The summed E-state index contributed by atoms with van der Waals surface area (Å²) in [5.74, 6) is 0.646. The molecule has 0 saturated carbocycles. The van der Waals surface area contributed by atoms with Crippen LogP contribution in [0.25, 0.3) is 10.8 Å². The Hall–Kier alpha value is -2.92. The van der Waals surface area contributed by atoms with Gasteiger partial charge in [-0.3, -0.25) is 9.88 Å². The summed E-state index contributed by atoms with van der Waals surface area (Å²) in [6.07, 6.45) is 5.76. The number of carbonyl (C=O) groups is 1. The molecule has 2 N–H and O–H groups in total. The van der Waals surface area contributed by atoms with E-state index in [0.717, 1.165) is 42.5 Å². The van der Waals surface area contributed by atoms with E-state index in [1.807, 2.05) is 24.3 Å². The topological polar surface area (TPSA) is 57.3 Å². The molecule has 1 aliphatic rings. The van der Waals surface area contributed by atoms with Crippen LogP contribution in [0.1, 0.15) is 18.4 Å². The van der Waals surface area contributed by atoms with E-state index in [0.29, 0.717) is 12.5 Å². The van der Waals surface area contributed by atoms with E-state index in [1.165, 1.54) is 12.0 Å². The van der Waals surface area contributed by atoms with Crippen molar-refractivity contribution < 1.29 is 4.79 Å². The van der Waals surface area contributed by atoms with E-state index >= 15 is 0 Å². The summed E-state index contributed by atoms with van der Waals surface area (Å²) in [4.78, 5) is 18.9. The Balaban J connectivity index is 1.21. The van der Waals surface area contributed by atoms with Gasteiger partial charge in [0.25, 0.3) is 0 Å². The van der Waals surface area contributed by atoms with Crippen molar-refractivity contribution in [2.75, 3.05) is 25.0 Å². The van der Waals surface area contributed by atoms with E-state index in [1.54, 1.807) is 12.4 Å². The van der Waals surface area contributed by atoms with Crippen LogP contribution in [-0.4, -0.2) is 35.5 Å². The standard InChI is InChI=1S/C23H26N4O/c28-23(26-22-8-4-7-20-15-24-12-10-21(20)22)25-13-9-19-11-14-27(17-19)16-18-5-2-1-3-6-18/h1-8,10,12,15,19H,9,11,13-14,16-17H2,(H2,25,26,28)/t19-/m0/s1. The molecule has 1 fully saturated rings. The second-order valence-electron chi connectivity index (χ2n) is 7.45. The SMILES string of the molecule is O=C(NCC[C@H]1CCN(Cc2ccccc2)C1)Nc1cccc2cnccc12. The third-order valence-electron chi connectivity index (χ3n) is 5.39. The Morgan fingerprint density at radius 1 is 1.11 bits per heavy atom. The van der Waals surface area contributed by atoms with E-state index in [4.69, 9.17) is 0 Å². The number of aromatic nitrogens is 1. The number of pyridine rings is 1. The maximum absolute atomic E-state index is 12.3. The Bertz CT molecular complexity index is 923. The number of rotatable bonds is 6. The van der Waals surface area contributed by atoms with Gasteiger partial charge in [-0.1, -0.05) is 42.5 Å². The summed E-state index contributed by atoms with van der Waals surface area (Å²) in [5, 5.41) is 7.98. The summed E-state index contributed by atoms with van der Waals surface area (Å²) in [6, 6.07) is 18.2. The van der Waals surface area contributed by atoms with Gasteiger partial charge in [0.1, 0.15) is 0 Å². The molecule has 28 heavy (non-hydrogen) atoms. The van der Waals surface area contributed by atoms with Crippen molar-refractivity contribution in [3.63, 3.8) is 0 Å². The summed E-state index contributed by atoms with van der Waals surface area (Å²) in [5.41, 5.74) is 2.18. The number of nitrogens with one attached hydrogen (secondary N) is 2. The largest absolute Gasteiger partial charge is 0.338 e. The molecular formula is C23H26N4O. The van der Waals surface area contributed by atoms with Gasteiger partial charge in [0.05, 0.1) is 5.69 Å². The summed E-state index contributed by atoms with van der Waals surface area (Å²) in [7, 11) is 0. The molecule has 0 radical (unpaired) electrons. The lowest BCUT2D eigenvalue weighted by Gasteiger charge is -2.16. The molecule has 144 valence electrons. The predicted molar refractivity (Wildman–Crippen MR) is 113 cm³/mol. The van der Waals surface area contributed by atoms with E-state index in [-0.39, 0.29) is 6.03 Å². The van der Waals surface area contributed by atoms with Gasteiger partial charge in [-0.25, -0.2) is 4.79 Å². The predicted octanol–water partition coefficient (Wildman–Crippen LogP) is 4.27. The van der Waals surface area contributed by atoms with Crippen molar-refractivity contribution in [2.24, 2.45) is 5.92 Å². The quantitative estimate of drug-likeness (QED) is 0.677. The first-order chi connectivity index (χ1) is 13.8. The third-order valence-corrected chi connectivity index (χ3v) is 5.39. The average molecular weight is 374 g/mol. The Labute approximate surface area is 165 Å². The molecule has 1 aromatic heterocycles. The molecule has 1 aliphatic heterocycles. The number of carbonyl (C=O) groups excluding carboxylic acids is 1. The second kappa shape index (κ2) is 8.85. The monoisotopic (exact) mass is 374 g/mol. The molecule has 1 atom stereocenters. The molecule has 1 saturated heterocycles. The van der Waals surface area contributed by atoms with Gasteiger partial charge in [0.15, 0.2) is 0 Å². The third kappa shape index (κ3) is 4.67. The molecule has 0 bridgehead atoms. The molecule has 0 unspecified atom stereocenters. The normalized spacial score (nSPS) is 16.9. The van der Waals surface area contributed by atoms with E-state index < -0.39 is 0 Å². The van der Waals surface area contributed by atoms with Gasteiger partial charge in [-0.15, -0.1) is 0 Å². The molecule has 5 nitrogen and oxygen atoms in total. The number of nitrogens with zero attached hydrogens (tertiary/aromatic N) is 2. The van der Waals surface area contributed by atoms with Crippen LogP contribution in [0.3, 0.4) is 0 Å². The molecule has 3 aromatic rings. The van der Waals surface area contributed by atoms with Crippen LogP contribution in [0.2, 0.25) is 0 Å². The molecule has 2 aromatic carbocycles. The minimum absolute atomic E-state index is 0.150. The fourth-order valence-electron chi connectivity index (χ4n) is 3.92. The van der Waals surface area contributed by atoms with Crippen LogP contribution in [0, 0.1) is 5.92 Å². The van der Waals surface area contributed by atoms with E-state index in [2.05, 4.69) is 50.8 Å². The zero-order valence-corrected chi connectivity index (χ0v) is 16.0. The van der Waals surface area contributed by atoms with Crippen LogP contribution in [0.4, 0.5) is 10.5 Å². The summed E-state index contributed by atoms with van der Waals surface area (Å²) in [6.45, 7) is 3.95. The van der Waals surface area contributed by atoms with E-state index in [9.17, 15) is 4.79 Å². The number of benzene rings is 2. The van der Waals surface area contributed by atoms with Gasteiger partial charge >= 0.3 is 6.03 Å². The first kappa shape index (κ1) is 18.4. The summed E-state index contributed by atoms with van der Waals surface area (Å²) >= 11 is 0. The van der Waals surface area contributed by atoms with Crippen molar-refractivity contribution in [3.05, 3.63) is 72.6 Å². The highest BCUT2D eigenvalue weighted by molar-refractivity contribution is 6.01. The Morgan fingerprint density at radius 2 is 2.00 bits per heavy atom. The van der Waals surface area contributed by atoms with Crippen LogP contribution in [0.5, 0.6) is 0 Å². The number of fused-ring (bicyclic) bond motifs is 1. The minimum atomic E-state index is -0.150. The van der Waals surface area contributed by atoms with Crippen LogP contribution in [0.15, 0.2) is 67.0 Å². The van der Waals surface area contributed by atoms with Crippen molar-refractivity contribution in [1.82, 2.24) is 15.2 Å². The smallest absolute Gasteiger partial charge is 0.319 e. The number of hydrogen-bond acceptors (Lipinski definition) is 3. The van der Waals surface area contributed by atoms with Gasteiger partial charge in [-0.2, -0.15) is 0 Å². The Morgan fingerprint density at radius 3 is 2.89 bits per heavy atom. The van der Waals surface area contributed by atoms with Gasteiger partial charge < -0.3 is 10.6 Å². The lowest BCUT2D eigenvalue weighted by Crippen LogP contribution is -2.31. The number of urea groups is 1. The summed E-state index contributed by atoms with van der Waals surface area (Å²) < 4.78 is 0. The van der Waals surface area contributed by atoms with Crippen LogP contribution in [-0.2, 0) is 6.54 Å². The van der Waals surface area contributed by atoms with Gasteiger partial charge in [-0.05, 0) is 43.0 Å². The molecule has 2 amide bonds. The maximum Gasteiger partial charge on any atom is 0.319 e. The molecule has 5 heteroatoms. The molecular weight excluding hydrogens is 348 g/mol. The van der Waals surface area contributed by atoms with Gasteiger partial charge in [0.2, 0.25) is 0 Å². The fraction of sp³-hybridized carbons (Fsp3) is 0.304.